The van der Waals surface area contributed by atoms with Crippen molar-refractivity contribution in [2.24, 2.45) is 5.41 Å². The van der Waals surface area contributed by atoms with Crippen LogP contribution in [-0.2, 0) is 11.3 Å². The molecule has 3 heteroatoms. The summed E-state index contributed by atoms with van der Waals surface area (Å²) in [5.74, 6) is 0.327. The molecule has 20 heavy (non-hydrogen) atoms. The van der Waals surface area contributed by atoms with Crippen molar-refractivity contribution in [3.8, 4) is 0 Å². The van der Waals surface area contributed by atoms with Gasteiger partial charge in [0.25, 0.3) is 0 Å². The standard InChI is InChI=1S/C17H26N2O/c1-3-12-19(13-14-6-8-15(18)9-7-14)16(20)17(2)10-4-5-11-17/h6-9H,3-5,10-13,18H2,1-2H3. The third kappa shape index (κ3) is 3.33. The van der Waals surface area contributed by atoms with Gasteiger partial charge in [0, 0.05) is 24.2 Å². The summed E-state index contributed by atoms with van der Waals surface area (Å²) >= 11 is 0. The van der Waals surface area contributed by atoms with Crippen LogP contribution in [0.25, 0.3) is 0 Å². The first kappa shape index (κ1) is 14.9. The lowest BCUT2D eigenvalue weighted by Crippen LogP contribution is -2.41. The number of nitrogens with two attached hydrogens (primary N) is 1. The fourth-order valence-electron chi connectivity index (χ4n) is 3.12. The summed E-state index contributed by atoms with van der Waals surface area (Å²) in [5, 5.41) is 0. The first-order valence-electron chi connectivity index (χ1n) is 7.69. The summed E-state index contributed by atoms with van der Waals surface area (Å²) < 4.78 is 0. The maximum Gasteiger partial charge on any atom is 0.228 e. The molecule has 0 heterocycles. The zero-order valence-corrected chi connectivity index (χ0v) is 12.7. The van der Waals surface area contributed by atoms with Gasteiger partial charge in [-0.25, -0.2) is 0 Å². The summed E-state index contributed by atoms with van der Waals surface area (Å²) in [6.45, 7) is 5.79. The van der Waals surface area contributed by atoms with Gasteiger partial charge in [0.05, 0.1) is 0 Å². The molecule has 0 saturated heterocycles. The number of amides is 1. The minimum atomic E-state index is -0.136. The molecule has 2 N–H and O–H groups in total. The predicted octanol–water partition coefficient (Wildman–Crippen LogP) is 3.59. The molecule has 1 saturated carbocycles. The number of nitrogen functional groups attached to an aromatic ring is 1. The smallest absolute Gasteiger partial charge is 0.228 e. The van der Waals surface area contributed by atoms with Crippen molar-refractivity contribution < 1.29 is 4.79 Å². The average Bonchev–Trinajstić information content (AvgIpc) is 2.88. The van der Waals surface area contributed by atoms with E-state index in [9.17, 15) is 4.79 Å². The molecule has 0 aliphatic heterocycles. The molecule has 1 amide bonds. The molecule has 0 radical (unpaired) electrons. The average molecular weight is 274 g/mol. The van der Waals surface area contributed by atoms with Gasteiger partial charge in [0.1, 0.15) is 0 Å². The molecule has 0 bridgehead atoms. The van der Waals surface area contributed by atoms with E-state index in [-0.39, 0.29) is 5.41 Å². The van der Waals surface area contributed by atoms with E-state index in [4.69, 9.17) is 5.73 Å². The van der Waals surface area contributed by atoms with Crippen LogP contribution in [0.2, 0.25) is 0 Å². The van der Waals surface area contributed by atoms with Crippen molar-refractivity contribution in [1.82, 2.24) is 4.90 Å². The van der Waals surface area contributed by atoms with Crippen molar-refractivity contribution in [2.75, 3.05) is 12.3 Å². The topological polar surface area (TPSA) is 46.3 Å². The van der Waals surface area contributed by atoms with E-state index in [0.29, 0.717) is 12.5 Å². The molecule has 110 valence electrons. The molecular formula is C17H26N2O. The van der Waals surface area contributed by atoms with Crippen LogP contribution in [-0.4, -0.2) is 17.4 Å². The fourth-order valence-corrected chi connectivity index (χ4v) is 3.12. The van der Waals surface area contributed by atoms with Crippen LogP contribution in [0, 0.1) is 5.41 Å². The molecule has 1 aromatic carbocycles. The van der Waals surface area contributed by atoms with E-state index >= 15 is 0 Å². The third-order valence-corrected chi connectivity index (χ3v) is 4.36. The van der Waals surface area contributed by atoms with Crippen LogP contribution in [0.15, 0.2) is 24.3 Å². The first-order chi connectivity index (χ1) is 9.55. The van der Waals surface area contributed by atoms with Crippen molar-refractivity contribution in [1.29, 1.82) is 0 Å². The second-order valence-corrected chi connectivity index (χ2v) is 6.24. The normalized spacial score (nSPS) is 17.1. The van der Waals surface area contributed by atoms with Gasteiger partial charge in [0.2, 0.25) is 5.91 Å². The summed E-state index contributed by atoms with van der Waals surface area (Å²) in [6, 6.07) is 7.84. The minimum Gasteiger partial charge on any atom is -0.399 e. The molecule has 0 spiro atoms. The second kappa shape index (κ2) is 6.29. The molecule has 1 aliphatic rings. The van der Waals surface area contributed by atoms with E-state index in [2.05, 4.69) is 13.8 Å². The van der Waals surface area contributed by atoms with Gasteiger partial charge in [-0.15, -0.1) is 0 Å². The molecule has 1 fully saturated rings. The Morgan fingerprint density at radius 2 is 1.85 bits per heavy atom. The number of rotatable bonds is 5. The van der Waals surface area contributed by atoms with Gasteiger partial charge in [-0.05, 0) is 37.0 Å². The lowest BCUT2D eigenvalue weighted by atomic mass is 9.87. The number of hydrogen-bond acceptors (Lipinski definition) is 2. The lowest BCUT2D eigenvalue weighted by molar-refractivity contribution is -0.141. The number of benzene rings is 1. The van der Waals surface area contributed by atoms with Gasteiger partial charge in [-0.1, -0.05) is 38.8 Å². The Balaban J connectivity index is 2.10. The molecule has 0 unspecified atom stereocenters. The van der Waals surface area contributed by atoms with Crippen molar-refractivity contribution >= 4 is 11.6 Å². The Hall–Kier alpha value is -1.51. The Morgan fingerprint density at radius 1 is 1.25 bits per heavy atom. The highest BCUT2D eigenvalue weighted by molar-refractivity contribution is 5.82. The van der Waals surface area contributed by atoms with Crippen molar-refractivity contribution in [3.63, 3.8) is 0 Å². The maximum atomic E-state index is 12.8. The molecule has 1 aliphatic carbocycles. The summed E-state index contributed by atoms with van der Waals surface area (Å²) in [7, 11) is 0. The molecule has 0 aromatic heterocycles. The summed E-state index contributed by atoms with van der Waals surface area (Å²) in [4.78, 5) is 14.9. The van der Waals surface area contributed by atoms with Crippen LogP contribution in [0.5, 0.6) is 0 Å². The second-order valence-electron chi connectivity index (χ2n) is 6.24. The van der Waals surface area contributed by atoms with Gasteiger partial charge in [-0.2, -0.15) is 0 Å². The van der Waals surface area contributed by atoms with Gasteiger partial charge in [0.15, 0.2) is 0 Å². The summed E-state index contributed by atoms with van der Waals surface area (Å²) in [6.07, 6.45) is 5.44. The molecular weight excluding hydrogens is 248 g/mol. The quantitative estimate of drug-likeness (QED) is 0.834. The van der Waals surface area contributed by atoms with E-state index in [1.54, 1.807) is 0 Å². The highest BCUT2D eigenvalue weighted by atomic mass is 16.2. The largest absolute Gasteiger partial charge is 0.399 e. The molecule has 1 aromatic rings. The predicted molar refractivity (Wildman–Crippen MR) is 83.1 cm³/mol. The first-order valence-corrected chi connectivity index (χ1v) is 7.69. The highest BCUT2D eigenvalue weighted by Gasteiger charge is 2.38. The SMILES string of the molecule is CCCN(Cc1ccc(N)cc1)C(=O)C1(C)CCCC1. The van der Waals surface area contributed by atoms with E-state index < -0.39 is 0 Å². The minimum absolute atomic E-state index is 0.136. The van der Waals surface area contributed by atoms with E-state index in [1.807, 2.05) is 29.2 Å². The number of nitrogens with zero attached hydrogens (tertiary/aromatic N) is 1. The van der Waals surface area contributed by atoms with E-state index in [0.717, 1.165) is 37.1 Å². The fraction of sp³-hybridized carbons (Fsp3) is 0.588. The van der Waals surface area contributed by atoms with Crippen molar-refractivity contribution in [2.45, 2.75) is 52.5 Å². The van der Waals surface area contributed by atoms with Crippen LogP contribution in [0.4, 0.5) is 5.69 Å². The van der Waals surface area contributed by atoms with Crippen LogP contribution in [0.3, 0.4) is 0 Å². The Morgan fingerprint density at radius 3 is 2.40 bits per heavy atom. The highest BCUT2D eigenvalue weighted by Crippen LogP contribution is 2.39. The van der Waals surface area contributed by atoms with Crippen LogP contribution < -0.4 is 5.73 Å². The van der Waals surface area contributed by atoms with Crippen LogP contribution >= 0.6 is 0 Å². The number of anilines is 1. The van der Waals surface area contributed by atoms with Gasteiger partial charge in [-0.3, -0.25) is 4.79 Å². The maximum absolute atomic E-state index is 12.8. The van der Waals surface area contributed by atoms with Gasteiger partial charge < -0.3 is 10.6 Å². The molecule has 0 atom stereocenters. The number of carbonyl (C=O) groups excluding carboxylic acids is 1. The molecule has 2 rings (SSSR count). The zero-order valence-electron chi connectivity index (χ0n) is 12.7. The Bertz CT molecular complexity index is 447. The lowest BCUT2D eigenvalue weighted by Gasteiger charge is -2.31. The Kier molecular flexibility index (Phi) is 4.69. The molecule has 3 nitrogen and oxygen atoms in total. The number of hydrogen-bond donors (Lipinski definition) is 1. The Labute approximate surface area is 122 Å². The third-order valence-electron chi connectivity index (χ3n) is 4.36. The zero-order chi connectivity index (χ0) is 14.6. The van der Waals surface area contributed by atoms with Crippen LogP contribution in [0.1, 0.15) is 51.5 Å². The van der Waals surface area contributed by atoms with E-state index in [1.165, 1.54) is 12.8 Å². The van der Waals surface area contributed by atoms with Gasteiger partial charge >= 0.3 is 0 Å². The monoisotopic (exact) mass is 274 g/mol. The van der Waals surface area contributed by atoms with Crippen molar-refractivity contribution in [3.05, 3.63) is 29.8 Å². The summed E-state index contributed by atoms with van der Waals surface area (Å²) in [5.41, 5.74) is 7.50. The number of carbonyl (C=O) groups is 1.